The van der Waals surface area contributed by atoms with E-state index in [1.54, 1.807) is 19.2 Å². The molecule has 0 fully saturated rings. The van der Waals surface area contributed by atoms with Gasteiger partial charge in [-0.25, -0.2) is 4.99 Å². The van der Waals surface area contributed by atoms with E-state index in [4.69, 9.17) is 19.9 Å². The average molecular weight is 539 g/mol. The van der Waals surface area contributed by atoms with Gasteiger partial charge in [-0.05, 0) is 41.8 Å². The first-order valence-corrected chi connectivity index (χ1v) is 8.84. The first kappa shape index (κ1) is 25.7. The van der Waals surface area contributed by atoms with Crippen LogP contribution in [-0.2, 0) is 13.0 Å². The molecule has 0 aliphatic rings. The number of ether oxygens (including phenoxy) is 3. The number of methoxy groups -OCH3 is 2. The largest absolute Gasteiger partial charge is 0.497 e. The number of aliphatic imine (C=N–C) groups is 1. The van der Waals surface area contributed by atoms with Crippen LogP contribution in [0.1, 0.15) is 11.1 Å². The molecule has 0 aliphatic heterocycles. The van der Waals surface area contributed by atoms with Gasteiger partial charge >= 0.3 is 6.18 Å². The molecule has 0 radical (unpaired) electrons. The van der Waals surface area contributed by atoms with Crippen LogP contribution in [0.25, 0.3) is 0 Å². The molecule has 0 unspecified atom stereocenters. The van der Waals surface area contributed by atoms with Crippen molar-refractivity contribution < 1.29 is 27.4 Å². The zero-order valence-electron chi connectivity index (χ0n) is 16.7. The SMILES string of the molecule is COc1ccc(CCNC(N)=NCc2ccc(OCC(F)(F)F)c(OC)c2)cc1.I. The van der Waals surface area contributed by atoms with Crippen molar-refractivity contribution >= 4 is 29.9 Å². The highest BCUT2D eigenvalue weighted by molar-refractivity contribution is 14.0. The summed E-state index contributed by atoms with van der Waals surface area (Å²) >= 11 is 0. The lowest BCUT2D eigenvalue weighted by molar-refractivity contribution is -0.153. The maximum Gasteiger partial charge on any atom is 0.422 e. The lowest BCUT2D eigenvalue weighted by Gasteiger charge is -2.13. The molecule has 2 aromatic rings. The molecule has 10 heteroatoms. The average Bonchev–Trinajstić information content (AvgIpc) is 2.70. The van der Waals surface area contributed by atoms with Crippen LogP contribution >= 0.6 is 24.0 Å². The van der Waals surface area contributed by atoms with Gasteiger partial charge in [0, 0.05) is 6.54 Å². The van der Waals surface area contributed by atoms with Crippen molar-refractivity contribution in [3.05, 3.63) is 53.6 Å². The number of hydrogen-bond acceptors (Lipinski definition) is 4. The molecule has 0 heterocycles. The lowest BCUT2D eigenvalue weighted by atomic mass is 10.1. The van der Waals surface area contributed by atoms with E-state index >= 15 is 0 Å². The second-order valence-electron chi connectivity index (χ2n) is 6.12. The van der Waals surface area contributed by atoms with E-state index in [2.05, 4.69) is 10.3 Å². The maximum atomic E-state index is 12.3. The minimum absolute atomic E-state index is 0. The maximum absolute atomic E-state index is 12.3. The highest BCUT2D eigenvalue weighted by Gasteiger charge is 2.29. The van der Waals surface area contributed by atoms with Crippen LogP contribution in [0.15, 0.2) is 47.5 Å². The van der Waals surface area contributed by atoms with Gasteiger partial charge in [-0.3, -0.25) is 0 Å². The molecule has 2 aromatic carbocycles. The quantitative estimate of drug-likeness (QED) is 0.287. The fourth-order valence-electron chi connectivity index (χ4n) is 2.45. The minimum atomic E-state index is -4.42. The minimum Gasteiger partial charge on any atom is -0.497 e. The summed E-state index contributed by atoms with van der Waals surface area (Å²) in [6.07, 6.45) is -3.65. The number of hydrogen-bond donors (Lipinski definition) is 2. The number of nitrogens with two attached hydrogens (primary N) is 1. The van der Waals surface area contributed by atoms with Crippen LogP contribution in [0.4, 0.5) is 13.2 Å². The third-order valence-electron chi connectivity index (χ3n) is 3.93. The zero-order valence-corrected chi connectivity index (χ0v) is 19.0. The van der Waals surface area contributed by atoms with E-state index in [0.29, 0.717) is 6.54 Å². The van der Waals surface area contributed by atoms with E-state index in [1.165, 1.54) is 13.2 Å². The highest BCUT2D eigenvalue weighted by Crippen LogP contribution is 2.30. The Balaban J connectivity index is 0.00000450. The van der Waals surface area contributed by atoms with E-state index in [1.807, 2.05) is 24.3 Å². The summed E-state index contributed by atoms with van der Waals surface area (Å²) in [5, 5.41) is 3.02. The summed E-state index contributed by atoms with van der Waals surface area (Å²) in [6.45, 7) is -0.529. The van der Waals surface area contributed by atoms with E-state index in [9.17, 15) is 13.2 Å². The van der Waals surface area contributed by atoms with Crippen LogP contribution in [0.5, 0.6) is 17.2 Å². The number of alkyl halides is 3. The molecule has 0 saturated heterocycles. The van der Waals surface area contributed by atoms with Gasteiger partial charge in [-0.15, -0.1) is 24.0 Å². The van der Waals surface area contributed by atoms with Gasteiger partial charge in [0.15, 0.2) is 24.1 Å². The first-order valence-electron chi connectivity index (χ1n) is 8.84. The Hall–Kier alpha value is -2.37. The number of benzene rings is 2. The van der Waals surface area contributed by atoms with Crippen molar-refractivity contribution in [2.24, 2.45) is 10.7 Å². The Labute approximate surface area is 190 Å². The van der Waals surface area contributed by atoms with Gasteiger partial charge in [-0.2, -0.15) is 13.2 Å². The van der Waals surface area contributed by atoms with Crippen LogP contribution < -0.4 is 25.3 Å². The Morgan fingerprint density at radius 3 is 2.27 bits per heavy atom. The molecule has 6 nitrogen and oxygen atoms in total. The molecule has 0 aromatic heterocycles. The summed E-state index contributed by atoms with van der Waals surface area (Å²) in [5.74, 6) is 1.29. The summed E-state index contributed by atoms with van der Waals surface area (Å²) in [5.41, 5.74) is 7.72. The fourth-order valence-corrected chi connectivity index (χ4v) is 2.45. The standard InChI is InChI=1S/C20H24F3N3O3.HI/c1-27-16-6-3-14(4-7-16)9-10-25-19(24)26-12-15-5-8-17(18(11-15)28-2)29-13-20(21,22)23;/h3-8,11H,9-10,12-13H2,1-2H3,(H3,24,25,26);1H. The van der Waals surface area contributed by atoms with Crippen molar-refractivity contribution in [1.29, 1.82) is 0 Å². The molecule has 0 saturated carbocycles. The predicted molar refractivity (Wildman–Crippen MR) is 120 cm³/mol. The second kappa shape index (κ2) is 12.4. The van der Waals surface area contributed by atoms with Crippen molar-refractivity contribution in [2.45, 2.75) is 19.1 Å². The number of nitrogens with zero attached hydrogens (tertiary/aromatic N) is 1. The Morgan fingerprint density at radius 2 is 1.67 bits per heavy atom. The summed E-state index contributed by atoms with van der Waals surface area (Å²) in [4.78, 5) is 4.23. The lowest BCUT2D eigenvalue weighted by Crippen LogP contribution is -2.33. The van der Waals surface area contributed by atoms with Gasteiger partial charge < -0.3 is 25.3 Å². The van der Waals surface area contributed by atoms with Crippen LogP contribution in [0.2, 0.25) is 0 Å². The summed E-state index contributed by atoms with van der Waals surface area (Å²) < 4.78 is 51.9. The van der Waals surface area contributed by atoms with Crippen molar-refractivity contribution in [2.75, 3.05) is 27.4 Å². The van der Waals surface area contributed by atoms with Crippen LogP contribution in [-0.4, -0.2) is 39.5 Å². The van der Waals surface area contributed by atoms with Crippen LogP contribution in [0.3, 0.4) is 0 Å². The van der Waals surface area contributed by atoms with E-state index in [-0.39, 0.29) is 48.0 Å². The third-order valence-corrected chi connectivity index (χ3v) is 3.93. The molecular formula is C20H25F3IN3O3. The molecule has 0 amide bonds. The van der Waals surface area contributed by atoms with Gasteiger partial charge in [0.25, 0.3) is 0 Å². The zero-order chi connectivity index (χ0) is 21.3. The molecule has 166 valence electrons. The highest BCUT2D eigenvalue weighted by atomic mass is 127. The number of nitrogens with one attached hydrogen (secondary N) is 1. The van der Waals surface area contributed by atoms with Gasteiger partial charge in [0.05, 0.1) is 20.8 Å². The molecule has 0 bridgehead atoms. The summed E-state index contributed by atoms with van der Waals surface area (Å²) in [7, 11) is 2.98. The topological polar surface area (TPSA) is 78.1 Å². The molecular weight excluding hydrogens is 514 g/mol. The Kier molecular flexibility index (Phi) is 10.6. The third kappa shape index (κ3) is 8.97. The van der Waals surface area contributed by atoms with Crippen molar-refractivity contribution in [3.8, 4) is 17.2 Å². The molecule has 30 heavy (non-hydrogen) atoms. The Bertz CT molecular complexity index is 815. The normalized spacial score (nSPS) is 11.4. The molecule has 0 spiro atoms. The Morgan fingerprint density at radius 1 is 1.00 bits per heavy atom. The first-order chi connectivity index (χ1) is 13.8. The van der Waals surface area contributed by atoms with E-state index < -0.39 is 12.8 Å². The number of halogens is 4. The summed E-state index contributed by atoms with van der Waals surface area (Å²) in [6, 6.07) is 12.3. The van der Waals surface area contributed by atoms with Gasteiger partial charge in [0.1, 0.15) is 5.75 Å². The molecule has 0 aliphatic carbocycles. The number of rotatable bonds is 9. The predicted octanol–water partition coefficient (Wildman–Crippen LogP) is 3.91. The monoisotopic (exact) mass is 539 g/mol. The van der Waals surface area contributed by atoms with Gasteiger partial charge in [-0.1, -0.05) is 18.2 Å². The molecule has 0 atom stereocenters. The smallest absolute Gasteiger partial charge is 0.422 e. The molecule has 3 N–H and O–H groups in total. The second-order valence-corrected chi connectivity index (χ2v) is 6.12. The van der Waals surface area contributed by atoms with E-state index in [0.717, 1.165) is 23.3 Å². The van der Waals surface area contributed by atoms with Crippen molar-refractivity contribution in [3.63, 3.8) is 0 Å². The van der Waals surface area contributed by atoms with Gasteiger partial charge in [0.2, 0.25) is 0 Å². The molecule has 2 rings (SSSR count). The van der Waals surface area contributed by atoms with Crippen molar-refractivity contribution in [1.82, 2.24) is 5.32 Å². The fraction of sp³-hybridized carbons (Fsp3) is 0.350. The van der Waals surface area contributed by atoms with Crippen LogP contribution in [0, 0.1) is 0 Å². The number of guanidine groups is 1.